The molecule has 0 aliphatic rings. The molecule has 1 rings (SSSR count). The molecule has 0 spiro atoms. The highest BCUT2D eigenvalue weighted by molar-refractivity contribution is 9.10. The predicted octanol–water partition coefficient (Wildman–Crippen LogP) is 3.21. The molecule has 0 bridgehead atoms. The molecule has 1 aromatic carbocycles. The third-order valence-electron chi connectivity index (χ3n) is 2.78. The van der Waals surface area contributed by atoms with Crippen molar-refractivity contribution in [3.05, 3.63) is 28.7 Å². The van der Waals surface area contributed by atoms with E-state index in [9.17, 15) is 9.00 Å². The maximum Gasteiger partial charge on any atom is 0.222 e. The Morgan fingerprint density at radius 2 is 1.95 bits per heavy atom. The van der Waals surface area contributed by atoms with Crippen LogP contribution < -0.4 is 0 Å². The van der Waals surface area contributed by atoms with Crippen LogP contribution in [0.5, 0.6) is 0 Å². The molecule has 1 amide bonds. The molecular formula is C14H20BrNO2S. The Kier molecular flexibility index (Phi) is 7.31. The number of rotatable bonds is 7. The van der Waals surface area contributed by atoms with E-state index in [0.29, 0.717) is 18.6 Å². The zero-order valence-corrected chi connectivity index (χ0v) is 13.8. The van der Waals surface area contributed by atoms with Gasteiger partial charge in [0.2, 0.25) is 5.91 Å². The lowest BCUT2D eigenvalue weighted by atomic mass is 10.3. The van der Waals surface area contributed by atoms with Gasteiger partial charge >= 0.3 is 0 Å². The monoisotopic (exact) mass is 345 g/mol. The van der Waals surface area contributed by atoms with Gasteiger partial charge in [0, 0.05) is 35.1 Å². The van der Waals surface area contributed by atoms with Crippen molar-refractivity contribution >= 4 is 32.6 Å². The lowest BCUT2D eigenvalue weighted by Gasteiger charge is -2.15. The van der Waals surface area contributed by atoms with Crippen molar-refractivity contribution in [2.24, 2.45) is 0 Å². The minimum atomic E-state index is -1.02. The summed E-state index contributed by atoms with van der Waals surface area (Å²) < 4.78 is 13.0. The van der Waals surface area contributed by atoms with Crippen molar-refractivity contribution < 1.29 is 9.00 Å². The molecule has 0 fully saturated rings. The summed E-state index contributed by atoms with van der Waals surface area (Å²) in [5, 5.41) is 0. The van der Waals surface area contributed by atoms with E-state index in [2.05, 4.69) is 15.9 Å². The van der Waals surface area contributed by atoms with Gasteiger partial charge in [-0.25, -0.2) is 0 Å². The largest absolute Gasteiger partial charge is 0.346 e. The number of hydrogen-bond donors (Lipinski definition) is 0. The van der Waals surface area contributed by atoms with Crippen molar-refractivity contribution in [2.45, 2.75) is 31.1 Å². The fourth-order valence-corrected chi connectivity index (χ4v) is 3.06. The molecule has 1 aromatic rings. The number of carbonyl (C=O) groups excluding carboxylic acids is 1. The minimum absolute atomic E-state index is 0.134. The van der Waals surface area contributed by atoms with E-state index < -0.39 is 10.8 Å². The van der Waals surface area contributed by atoms with Gasteiger partial charge in [-0.2, -0.15) is 0 Å². The number of hydrogen-bond acceptors (Lipinski definition) is 2. The Morgan fingerprint density at radius 1 is 1.32 bits per heavy atom. The van der Waals surface area contributed by atoms with Crippen molar-refractivity contribution in [3.8, 4) is 0 Å². The summed E-state index contributed by atoms with van der Waals surface area (Å²) >= 11 is 3.35. The zero-order valence-electron chi connectivity index (χ0n) is 11.4. The second kappa shape index (κ2) is 8.48. The van der Waals surface area contributed by atoms with Crippen LogP contribution in [0.25, 0.3) is 0 Å². The second-order valence-corrected chi connectivity index (χ2v) is 6.91. The van der Waals surface area contributed by atoms with Crippen LogP contribution in [-0.4, -0.2) is 34.4 Å². The summed E-state index contributed by atoms with van der Waals surface area (Å²) in [6.07, 6.45) is 2.10. The third-order valence-corrected chi connectivity index (χ3v) is 4.77. The molecule has 19 heavy (non-hydrogen) atoms. The Hall–Kier alpha value is -0.680. The van der Waals surface area contributed by atoms with Crippen LogP contribution in [0.4, 0.5) is 0 Å². The molecule has 0 aliphatic carbocycles. The Morgan fingerprint density at radius 3 is 2.53 bits per heavy atom. The maximum atomic E-state index is 12.0. The SMILES string of the molecule is CCCN(C)C(=O)CCCS(=O)c1ccc(Br)cc1. The highest BCUT2D eigenvalue weighted by Crippen LogP contribution is 2.14. The van der Waals surface area contributed by atoms with Gasteiger partial charge in [-0.1, -0.05) is 22.9 Å². The second-order valence-electron chi connectivity index (χ2n) is 4.42. The highest BCUT2D eigenvalue weighted by Gasteiger charge is 2.09. The van der Waals surface area contributed by atoms with Gasteiger partial charge in [0.1, 0.15) is 0 Å². The Balaban J connectivity index is 2.35. The fraction of sp³-hybridized carbons (Fsp3) is 0.500. The average molecular weight is 346 g/mol. The van der Waals surface area contributed by atoms with Crippen LogP contribution in [0, 0.1) is 0 Å². The molecule has 106 valence electrons. The molecule has 0 saturated heterocycles. The van der Waals surface area contributed by atoms with E-state index in [1.165, 1.54) is 0 Å². The number of carbonyl (C=O) groups is 1. The molecular weight excluding hydrogens is 326 g/mol. The van der Waals surface area contributed by atoms with Gasteiger partial charge < -0.3 is 4.90 Å². The average Bonchev–Trinajstić information content (AvgIpc) is 2.39. The van der Waals surface area contributed by atoms with Gasteiger partial charge in [-0.3, -0.25) is 9.00 Å². The summed E-state index contributed by atoms with van der Waals surface area (Å²) in [5.74, 6) is 0.669. The van der Waals surface area contributed by atoms with Gasteiger partial charge in [0.15, 0.2) is 0 Å². The Labute approximate surface area is 126 Å². The first kappa shape index (κ1) is 16.4. The van der Waals surface area contributed by atoms with Crippen LogP contribution in [0.1, 0.15) is 26.2 Å². The minimum Gasteiger partial charge on any atom is -0.346 e. The Bertz CT molecular complexity index is 434. The first-order chi connectivity index (χ1) is 9.04. The molecule has 1 unspecified atom stereocenters. The smallest absolute Gasteiger partial charge is 0.222 e. The molecule has 0 radical (unpaired) electrons. The molecule has 0 aromatic heterocycles. The van der Waals surface area contributed by atoms with E-state index in [4.69, 9.17) is 0 Å². The summed E-state index contributed by atoms with van der Waals surface area (Å²) in [6, 6.07) is 7.47. The summed E-state index contributed by atoms with van der Waals surface area (Å²) in [7, 11) is 0.800. The number of amides is 1. The first-order valence-corrected chi connectivity index (χ1v) is 8.53. The summed E-state index contributed by atoms with van der Waals surface area (Å²) in [4.78, 5) is 14.3. The molecule has 0 saturated carbocycles. The van der Waals surface area contributed by atoms with E-state index in [1.54, 1.807) is 4.90 Å². The van der Waals surface area contributed by atoms with Crippen molar-refractivity contribution in [2.75, 3.05) is 19.3 Å². The number of benzene rings is 1. The predicted molar refractivity (Wildman–Crippen MR) is 82.6 cm³/mol. The quantitative estimate of drug-likeness (QED) is 0.760. The van der Waals surface area contributed by atoms with Crippen LogP contribution >= 0.6 is 15.9 Å². The van der Waals surface area contributed by atoms with E-state index in [1.807, 2.05) is 38.2 Å². The molecule has 0 N–H and O–H groups in total. The molecule has 1 atom stereocenters. The van der Waals surface area contributed by atoms with Gasteiger partial charge in [-0.15, -0.1) is 0 Å². The third kappa shape index (κ3) is 5.87. The first-order valence-electron chi connectivity index (χ1n) is 6.42. The molecule has 5 heteroatoms. The van der Waals surface area contributed by atoms with Gasteiger partial charge in [0.25, 0.3) is 0 Å². The van der Waals surface area contributed by atoms with Gasteiger partial charge in [-0.05, 0) is 37.1 Å². The van der Waals surface area contributed by atoms with Crippen molar-refractivity contribution in [1.29, 1.82) is 0 Å². The molecule has 0 heterocycles. The maximum absolute atomic E-state index is 12.0. The standard InChI is InChI=1S/C14H20BrNO2S/c1-3-10-16(2)14(17)5-4-11-19(18)13-8-6-12(15)7-9-13/h6-9H,3-5,10-11H2,1-2H3. The summed E-state index contributed by atoms with van der Waals surface area (Å²) in [5.41, 5.74) is 0. The van der Waals surface area contributed by atoms with Crippen molar-refractivity contribution in [1.82, 2.24) is 4.90 Å². The normalized spacial score (nSPS) is 12.2. The van der Waals surface area contributed by atoms with Crippen molar-refractivity contribution in [3.63, 3.8) is 0 Å². The van der Waals surface area contributed by atoms with Gasteiger partial charge in [0.05, 0.1) is 10.8 Å². The summed E-state index contributed by atoms with van der Waals surface area (Å²) in [6.45, 7) is 2.83. The van der Waals surface area contributed by atoms with Crippen LogP contribution in [0.3, 0.4) is 0 Å². The number of halogens is 1. The topological polar surface area (TPSA) is 37.4 Å². The zero-order chi connectivity index (χ0) is 14.3. The highest BCUT2D eigenvalue weighted by atomic mass is 79.9. The fourth-order valence-electron chi connectivity index (χ4n) is 1.71. The lowest BCUT2D eigenvalue weighted by molar-refractivity contribution is -0.129. The number of nitrogens with zero attached hydrogens (tertiary/aromatic N) is 1. The molecule has 0 aliphatic heterocycles. The van der Waals surface area contributed by atoms with Crippen LogP contribution in [-0.2, 0) is 15.6 Å². The van der Waals surface area contributed by atoms with Crippen LogP contribution in [0.2, 0.25) is 0 Å². The van der Waals surface area contributed by atoms with E-state index in [0.717, 1.165) is 22.3 Å². The van der Waals surface area contributed by atoms with E-state index >= 15 is 0 Å². The van der Waals surface area contributed by atoms with Crippen LogP contribution in [0.15, 0.2) is 33.6 Å². The van der Waals surface area contributed by atoms with E-state index in [-0.39, 0.29) is 5.91 Å². The molecule has 3 nitrogen and oxygen atoms in total. The lowest BCUT2D eigenvalue weighted by Crippen LogP contribution is -2.27.